The first-order valence-corrected chi connectivity index (χ1v) is 10.5. The number of alkyl halides is 3. The topological polar surface area (TPSA) is 133 Å². The van der Waals surface area contributed by atoms with Gasteiger partial charge in [-0.15, -0.1) is 5.10 Å². The number of aromatic nitrogens is 6. The van der Waals surface area contributed by atoms with Crippen molar-refractivity contribution in [1.82, 2.24) is 29.1 Å². The molecule has 9 nitrogen and oxygen atoms in total. The first kappa shape index (κ1) is 22.8. The minimum Gasteiger partial charge on any atom is -0.390 e. The van der Waals surface area contributed by atoms with Gasteiger partial charge in [0.1, 0.15) is 17.6 Å². The number of halogens is 3. The smallest absolute Gasteiger partial charge is 0.390 e. The Bertz CT molecular complexity index is 1270. The van der Waals surface area contributed by atoms with Gasteiger partial charge in [-0.1, -0.05) is 19.3 Å². The lowest BCUT2D eigenvalue weighted by Gasteiger charge is -2.27. The van der Waals surface area contributed by atoms with Crippen molar-refractivity contribution in [3.63, 3.8) is 0 Å². The highest BCUT2D eigenvalue weighted by Gasteiger charge is 2.29. The third-order valence-corrected chi connectivity index (χ3v) is 5.57. The summed E-state index contributed by atoms with van der Waals surface area (Å²) in [6, 6.07) is 4.94. The molecule has 0 bridgehead atoms. The Balaban J connectivity index is 0.000000275. The van der Waals surface area contributed by atoms with Gasteiger partial charge in [0.15, 0.2) is 11.5 Å². The number of hydrogen-bond donors (Lipinski definition) is 3. The van der Waals surface area contributed by atoms with E-state index >= 15 is 0 Å². The summed E-state index contributed by atoms with van der Waals surface area (Å²) in [7, 11) is 0. The molecule has 0 saturated heterocycles. The number of hydrogen-bond acceptors (Lipinski definition) is 7. The van der Waals surface area contributed by atoms with E-state index in [2.05, 4.69) is 20.1 Å². The fraction of sp³-hybridized carbons (Fsp3) is 0.429. The lowest BCUT2D eigenvalue weighted by atomic mass is 9.87. The first-order valence-electron chi connectivity index (χ1n) is 10.5. The molecule has 0 spiro atoms. The first-order chi connectivity index (χ1) is 15.5. The molecular weight excluding hydrogens is 437 g/mol. The van der Waals surface area contributed by atoms with Crippen molar-refractivity contribution in [2.24, 2.45) is 0 Å². The van der Waals surface area contributed by atoms with Crippen LogP contribution in [0.5, 0.6) is 0 Å². The summed E-state index contributed by atoms with van der Waals surface area (Å²) >= 11 is 0. The highest BCUT2D eigenvalue weighted by Crippen LogP contribution is 2.29. The van der Waals surface area contributed by atoms with E-state index < -0.39 is 12.7 Å². The average molecular weight is 462 g/mol. The predicted octanol–water partition coefficient (Wildman–Crippen LogP) is 3.57. The van der Waals surface area contributed by atoms with Gasteiger partial charge in [-0.2, -0.15) is 18.2 Å². The molecule has 1 fully saturated rings. The SMILES string of the molecule is CC1(O)CCCCC1.Nc1nc(N)c2c(-c3ccc4ncn(CC(F)(F)F)c4n3)ccn2n1. The molecule has 1 aliphatic rings. The summed E-state index contributed by atoms with van der Waals surface area (Å²) < 4.78 is 40.5. The zero-order valence-electron chi connectivity index (χ0n) is 18.0. The van der Waals surface area contributed by atoms with E-state index in [1.165, 1.54) is 23.8 Å². The fourth-order valence-electron chi connectivity index (χ4n) is 3.99. The number of fused-ring (bicyclic) bond motifs is 2. The zero-order valence-corrected chi connectivity index (χ0v) is 18.0. The number of nitrogen functional groups attached to an aromatic ring is 2. The molecule has 0 unspecified atom stereocenters. The van der Waals surface area contributed by atoms with Crippen LogP contribution in [0.1, 0.15) is 39.0 Å². The van der Waals surface area contributed by atoms with Crippen molar-refractivity contribution in [2.45, 2.75) is 57.3 Å². The van der Waals surface area contributed by atoms with Gasteiger partial charge in [0.2, 0.25) is 5.95 Å². The van der Waals surface area contributed by atoms with Crippen LogP contribution in [0.3, 0.4) is 0 Å². The second-order valence-electron chi connectivity index (χ2n) is 8.46. The van der Waals surface area contributed by atoms with Crippen molar-refractivity contribution in [3.8, 4) is 11.3 Å². The van der Waals surface area contributed by atoms with Crippen LogP contribution in [0.2, 0.25) is 0 Å². The van der Waals surface area contributed by atoms with Crippen LogP contribution < -0.4 is 11.5 Å². The number of anilines is 2. The minimum atomic E-state index is -4.37. The highest BCUT2D eigenvalue weighted by molar-refractivity contribution is 5.88. The second kappa shape index (κ2) is 8.50. The number of pyridine rings is 1. The third-order valence-electron chi connectivity index (χ3n) is 5.57. The highest BCUT2D eigenvalue weighted by atomic mass is 19.4. The summed E-state index contributed by atoms with van der Waals surface area (Å²) in [5.74, 6) is 0.164. The maximum atomic E-state index is 12.7. The normalized spacial score (nSPS) is 16.0. The molecule has 1 aliphatic carbocycles. The number of nitrogens with zero attached hydrogens (tertiary/aromatic N) is 6. The lowest BCUT2D eigenvalue weighted by molar-refractivity contribution is -0.140. The summed E-state index contributed by atoms with van der Waals surface area (Å²) in [6.07, 6.45) is 4.13. The number of aliphatic hydroxyl groups is 1. The van der Waals surface area contributed by atoms with E-state index in [1.807, 2.05) is 6.92 Å². The van der Waals surface area contributed by atoms with Gasteiger partial charge in [-0.05, 0) is 38.0 Å². The summed E-state index contributed by atoms with van der Waals surface area (Å²) in [4.78, 5) is 12.2. The third kappa shape index (κ3) is 5.16. The maximum absolute atomic E-state index is 12.7. The van der Waals surface area contributed by atoms with Gasteiger partial charge in [0.05, 0.1) is 17.6 Å². The Hall–Kier alpha value is -3.41. The minimum absolute atomic E-state index is 0.0128. The van der Waals surface area contributed by atoms with Crippen LogP contribution in [-0.4, -0.2) is 46.0 Å². The molecule has 0 radical (unpaired) electrons. The second-order valence-corrected chi connectivity index (χ2v) is 8.46. The molecule has 1 saturated carbocycles. The molecule has 12 heteroatoms. The van der Waals surface area contributed by atoms with Gasteiger partial charge >= 0.3 is 6.18 Å². The van der Waals surface area contributed by atoms with Gasteiger partial charge in [-0.3, -0.25) is 0 Å². The summed E-state index contributed by atoms with van der Waals surface area (Å²) in [5, 5.41) is 13.4. The Morgan fingerprint density at radius 1 is 1.09 bits per heavy atom. The van der Waals surface area contributed by atoms with Crippen molar-refractivity contribution in [3.05, 3.63) is 30.7 Å². The molecule has 0 atom stereocenters. The average Bonchev–Trinajstić information content (AvgIpc) is 3.31. The molecule has 5 rings (SSSR count). The van der Waals surface area contributed by atoms with E-state index in [0.29, 0.717) is 22.3 Å². The molecule has 33 heavy (non-hydrogen) atoms. The van der Waals surface area contributed by atoms with Crippen LogP contribution in [-0.2, 0) is 6.54 Å². The van der Waals surface area contributed by atoms with Gasteiger partial charge in [0.25, 0.3) is 0 Å². The number of nitrogens with two attached hydrogens (primary N) is 2. The number of imidazole rings is 1. The van der Waals surface area contributed by atoms with Crippen molar-refractivity contribution < 1.29 is 18.3 Å². The molecule has 4 aromatic rings. The molecule has 5 N–H and O–H groups in total. The van der Waals surface area contributed by atoms with Gasteiger partial charge < -0.3 is 21.1 Å². The molecule has 176 valence electrons. The molecular formula is C21H25F3N8O. The van der Waals surface area contributed by atoms with Crippen LogP contribution in [0.4, 0.5) is 24.9 Å². The quantitative estimate of drug-likeness (QED) is 0.415. The summed E-state index contributed by atoms with van der Waals surface area (Å²) in [5.41, 5.74) is 13.1. The molecule has 0 amide bonds. The van der Waals surface area contributed by atoms with E-state index in [0.717, 1.165) is 23.7 Å². The monoisotopic (exact) mass is 462 g/mol. The van der Waals surface area contributed by atoms with Gasteiger partial charge in [0, 0.05) is 11.8 Å². The summed E-state index contributed by atoms with van der Waals surface area (Å²) in [6.45, 7) is 0.768. The van der Waals surface area contributed by atoms with Crippen molar-refractivity contribution >= 4 is 28.4 Å². The van der Waals surface area contributed by atoms with E-state index in [1.54, 1.807) is 24.4 Å². The van der Waals surface area contributed by atoms with Crippen LogP contribution >= 0.6 is 0 Å². The van der Waals surface area contributed by atoms with E-state index in [9.17, 15) is 18.3 Å². The molecule has 4 aromatic heterocycles. The largest absolute Gasteiger partial charge is 0.406 e. The van der Waals surface area contributed by atoms with Crippen LogP contribution in [0.15, 0.2) is 30.7 Å². The molecule has 4 heterocycles. The number of rotatable bonds is 2. The molecule has 0 aromatic carbocycles. The van der Waals surface area contributed by atoms with E-state index in [4.69, 9.17) is 11.5 Å². The standard InChI is InChI=1S/C14H11F3N8.C7H14O/c15-14(16,17)5-24-6-20-9-2-1-8(21-12(9)24)7-3-4-25-10(7)11(18)22-13(19)23-25;1-7(8)5-3-2-4-6-7/h1-4,6H,5H2,(H4,18,19,22,23);8H,2-6H2,1H3. The zero-order chi connectivity index (χ0) is 23.8. The van der Waals surface area contributed by atoms with Crippen molar-refractivity contribution in [2.75, 3.05) is 11.5 Å². The van der Waals surface area contributed by atoms with Gasteiger partial charge in [-0.25, -0.2) is 14.5 Å². The predicted molar refractivity (Wildman–Crippen MR) is 118 cm³/mol. The van der Waals surface area contributed by atoms with E-state index in [-0.39, 0.29) is 23.0 Å². The van der Waals surface area contributed by atoms with Crippen molar-refractivity contribution in [1.29, 1.82) is 0 Å². The Morgan fingerprint density at radius 2 is 1.82 bits per heavy atom. The Morgan fingerprint density at radius 3 is 2.45 bits per heavy atom. The molecule has 0 aliphatic heterocycles. The Kier molecular flexibility index (Phi) is 5.87. The maximum Gasteiger partial charge on any atom is 0.406 e. The lowest BCUT2D eigenvalue weighted by Crippen LogP contribution is -2.26. The van der Waals surface area contributed by atoms with Crippen LogP contribution in [0, 0.1) is 0 Å². The Labute approximate surface area is 187 Å². The fourth-order valence-corrected chi connectivity index (χ4v) is 3.99. The van der Waals surface area contributed by atoms with Crippen LogP contribution in [0.25, 0.3) is 27.9 Å².